The fraction of sp³-hybridized carbons (Fsp3) is 0.304. The van der Waals surface area contributed by atoms with Crippen LogP contribution in [-0.4, -0.2) is 39.4 Å². The molecule has 9 heteroatoms. The molecule has 8 nitrogen and oxygen atoms in total. The number of rotatable bonds is 11. The van der Waals surface area contributed by atoms with E-state index in [2.05, 4.69) is 16.8 Å². The lowest BCUT2D eigenvalue weighted by Gasteiger charge is -2.17. The van der Waals surface area contributed by atoms with Crippen molar-refractivity contribution in [1.29, 1.82) is 0 Å². The van der Waals surface area contributed by atoms with Crippen molar-refractivity contribution in [3.05, 3.63) is 82.2 Å². The summed E-state index contributed by atoms with van der Waals surface area (Å²) in [5.41, 5.74) is 2.76. The van der Waals surface area contributed by atoms with E-state index in [9.17, 15) is 10.1 Å². The van der Waals surface area contributed by atoms with E-state index in [1.54, 1.807) is 18.2 Å². The van der Waals surface area contributed by atoms with Gasteiger partial charge in [-0.3, -0.25) is 14.7 Å². The number of thioether (sulfide) groups is 1. The Morgan fingerprint density at radius 3 is 2.69 bits per heavy atom. The molecular formula is C23H26N4O4S. The number of nitrogens with zero attached hydrogens (tertiary/aromatic N) is 4. The minimum atomic E-state index is -0.496. The van der Waals surface area contributed by atoms with Crippen molar-refractivity contribution in [3.8, 4) is 17.2 Å². The standard InChI is InChI=1S/C23H26N4O4S/c1-5-12-31-20-11-10-18(14-21(20)30-6-2)22(15-26(28)29)32-23-25-24-17(4)27(23)19-9-7-8-16(3)13-19/h5,7-11,13-14,22H,1,6,12,15H2,2-4H3/t22-/m1/s1. The van der Waals surface area contributed by atoms with Gasteiger partial charge in [0, 0.05) is 10.6 Å². The molecule has 0 N–H and O–H groups in total. The van der Waals surface area contributed by atoms with Crippen molar-refractivity contribution >= 4 is 11.8 Å². The van der Waals surface area contributed by atoms with Gasteiger partial charge < -0.3 is 9.47 Å². The van der Waals surface area contributed by atoms with E-state index in [1.165, 1.54) is 11.8 Å². The molecule has 3 aromatic rings. The maximum Gasteiger partial charge on any atom is 0.220 e. The van der Waals surface area contributed by atoms with Gasteiger partial charge in [0.25, 0.3) is 0 Å². The Morgan fingerprint density at radius 1 is 1.19 bits per heavy atom. The molecule has 0 aliphatic rings. The number of nitro groups is 1. The minimum Gasteiger partial charge on any atom is -0.490 e. The molecule has 0 saturated heterocycles. The third-order valence-electron chi connectivity index (χ3n) is 4.61. The zero-order valence-electron chi connectivity index (χ0n) is 18.4. The highest BCUT2D eigenvalue weighted by atomic mass is 32.2. The van der Waals surface area contributed by atoms with Gasteiger partial charge in [-0.15, -0.1) is 10.2 Å². The van der Waals surface area contributed by atoms with Crippen LogP contribution < -0.4 is 9.47 Å². The van der Waals surface area contributed by atoms with Gasteiger partial charge in [-0.25, -0.2) is 0 Å². The van der Waals surface area contributed by atoms with Crippen molar-refractivity contribution in [3.63, 3.8) is 0 Å². The highest BCUT2D eigenvalue weighted by Crippen LogP contribution is 2.39. The number of hydrogen-bond acceptors (Lipinski definition) is 7. The molecule has 168 valence electrons. The van der Waals surface area contributed by atoms with Crippen LogP contribution in [0.3, 0.4) is 0 Å². The van der Waals surface area contributed by atoms with Crippen molar-refractivity contribution in [2.75, 3.05) is 19.8 Å². The molecule has 0 bridgehead atoms. The first-order valence-electron chi connectivity index (χ1n) is 10.2. The third-order valence-corrected chi connectivity index (χ3v) is 5.79. The quantitative estimate of drug-likeness (QED) is 0.175. The van der Waals surface area contributed by atoms with Gasteiger partial charge in [-0.05, 0) is 56.2 Å². The Morgan fingerprint density at radius 2 is 2.00 bits per heavy atom. The summed E-state index contributed by atoms with van der Waals surface area (Å²) in [6.45, 7) is 9.92. The molecule has 1 atom stereocenters. The van der Waals surface area contributed by atoms with Crippen LogP contribution in [0.2, 0.25) is 0 Å². The molecule has 1 aromatic heterocycles. The molecular weight excluding hydrogens is 428 g/mol. The van der Waals surface area contributed by atoms with Crippen LogP contribution in [0.25, 0.3) is 5.69 Å². The summed E-state index contributed by atoms with van der Waals surface area (Å²) in [5.74, 6) is 1.82. The van der Waals surface area contributed by atoms with E-state index in [0.29, 0.717) is 35.7 Å². The maximum absolute atomic E-state index is 11.5. The number of ether oxygens (including phenoxy) is 2. The Kier molecular flexibility index (Phi) is 7.88. The molecule has 32 heavy (non-hydrogen) atoms. The average molecular weight is 455 g/mol. The molecule has 0 amide bonds. The van der Waals surface area contributed by atoms with Crippen LogP contribution in [-0.2, 0) is 0 Å². The predicted octanol–water partition coefficient (Wildman–Crippen LogP) is 4.96. The van der Waals surface area contributed by atoms with Crippen molar-refractivity contribution < 1.29 is 14.4 Å². The summed E-state index contributed by atoms with van der Waals surface area (Å²) >= 11 is 1.30. The normalized spacial score (nSPS) is 11.7. The van der Waals surface area contributed by atoms with Gasteiger partial charge >= 0.3 is 0 Å². The molecule has 3 rings (SSSR count). The zero-order valence-corrected chi connectivity index (χ0v) is 19.2. The monoisotopic (exact) mass is 454 g/mol. The smallest absolute Gasteiger partial charge is 0.220 e. The van der Waals surface area contributed by atoms with Crippen LogP contribution in [0.15, 0.2) is 60.3 Å². The Hall–Kier alpha value is -3.33. The molecule has 0 fully saturated rings. The van der Waals surface area contributed by atoms with E-state index < -0.39 is 5.25 Å². The van der Waals surface area contributed by atoms with Crippen molar-refractivity contribution in [2.45, 2.75) is 31.2 Å². The Balaban J connectivity index is 1.98. The highest BCUT2D eigenvalue weighted by Gasteiger charge is 2.25. The number of aryl methyl sites for hydroxylation is 2. The van der Waals surface area contributed by atoms with Gasteiger partial charge in [-0.1, -0.05) is 42.6 Å². The summed E-state index contributed by atoms with van der Waals surface area (Å²) in [7, 11) is 0. The van der Waals surface area contributed by atoms with Gasteiger partial charge in [0.15, 0.2) is 16.7 Å². The fourth-order valence-electron chi connectivity index (χ4n) is 3.22. The van der Waals surface area contributed by atoms with E-state index >= 15 is 0 Å². The van der Waals surface area contributed by atoms with Crippen LogP contribution in [0, 0.1) is 24.0 Å². The summed E-state index contributed by atoms with van der Waals surface area (Å²) in [6, 6.07) is 13.4. The molecule has 0 saturated carbocycles. The summed E-state index contributed by atoms with van der Waals surface area (Å²) in [6.07, 6.45) is 1.65. The van der Waals surface area contributed by atoms with Gasteiger partial charge in [0.05, 0.1) is 6.61 Å². The second-order valence-corrected chi connectivity index (χ2v) is 8.23. The lowest BCUT2D eigenvalue weighted by molar-refractivity contribution is -0.479. The number of hydrogen-bond donors (Lipinski definition) is 0. The molecule has 0 spiro atoms. The fourth-order valence-corrected chi connectivity index (χ4v) is 4.38. The molecule has 1 heterocycles. The summed E-state index contributed by atoms with van der Waals surface area (Å²) < 4.78 is 13.3. The molecule has 0 unspecified atom stereocenters. The minimum absolute atomic E-state index is 0.275. The summed E-state index contributed by atoms with van der Waals surface area (Å²) in [5, 5.41) is 20.1. The topological polar surface area (TPSA) is 92.3 Å². The molecule has 0 aliphatic carbocycles. The average Bonchev–Trinajstić information content (AvgIpc) is 3.12. The van der Waals surface area contributed by atoms with Gasteiger partial charge in [-0.2, -0.15) is 0 Å². The van der Waals surface area contributed by atoms with Crippen LogP contribution >= 0.6 is 11.8 Å². The molecule has 2 aromatic carbocycles. The third kappa shape index (κ3) is 5.67. The zero-order chi connectivity index (χ0) is 23.1. The van der Waals surface area contributed by atoms with Crippen molar-refractivity contribution in [1.82, 2.24) is 14.8 Å². The van der Waals surface area contributed by atoms with Gasteiger partial charge in [0.2, 0.25) is 6.54 Å². The van der Waals surface area contributed by atoms with Crippen molar-refractivity contribution in [2.24, 2.45) is 0 Å². The number of benzene rings is 2. The molecule has 0 aliphatic heterocycles. The van der Waals surface area contributed by atoms with Crippen LogP contribution in [0.5, 0.6) is 11.5 Å². The first kappa shape index (κ1) is 23.3. The first-order chi connectivity index (χ1) is 15.4. The summed E-state index contributed by atoms with van der Waals surface area (Å²) in [4.78, 5) is 11.2. The van der Waals surface area contributed by atoms with E-state index in [4.69, 9.17) is 9.47 Å². The van der Waals surface area contributed by atoms with E-state index in [1.807, 2.05) is 55.7 Å². The second-order valence-electron chi connectivity index (χ2n) is 7.06. The van der Waals surface area contributed by atoms with Crippen LogP contribution in [0.4, 0.5) is 0 Å². The lowest BCUT2D eigenvalue weighted by Crippen LogP contribution is -2.12. The largest absolute Gasteiger partial charge is 0.490 e. The molecule has 0 radical (unpaired) electrons. The van der Waals surface area contributed by atoms with E-state index in [0.717, 1.165) is 16.8 Å². The highest BCUT2D eigenvalue weighted by molar-refractivity contribution is 7.99. The lowest BCUT2D eigenvalue weighted by atomic mass is 10.1. The van der Waals surface area contributed by atoms with E-state index in [-0.39, 0.29) is 11.5 Å². The maximum atomic E-state index is 11.5. The Labute approximate surface area is 191 Å². The SMILES string of the molecule is C=CCOc1ccc([C@@H](C[N+](=O)[O-])Sc2nnc(C)n2-c2cccc(C)c2)cc1OCC. The second kappa shape index (κ2) is 10.8. The first-order valence-corrected chi connectivity index (χ1v) is 11.1. The van der Waals surface area contributed by atoms with Gasteiger partial charge in [0.1, 0.15) is 17.7 Å². The predicted molar refractivity (Wildman–Crippen MR) is 125 cm³/mol. The van der Waals surface area contributed by atoms with Crippen LogP contribution in [0.1, 0.15) is 29.1 Å². The Bertz CT molecular complexity index is 1100. The number of aromatic nitrogens is 3.